The average Bonchev–Trinajstić information content (AvgIpc) is 2.59. The Labute approximate surface area is 147 Å². The highest BCUT2D eigenvalue weighted by Crippen LogP contribution is 2.25. The van der Waals surface area contributed by atoms with Gasteiger partial charge in [0.2, 0.25) is 10.0 Å². The highest BCUT2D eigenvalue weighted by atomic mass is 32.2. The highest BCUT2D eigenvalue weighted by Gasteiger charge is 2.15. The van der Waals surface area contributed by atoms with Crippen LogP contribution in [0, 0.1) is 0 Å². The number of pyridine rings is 1. The Balaban J connectivity index is 1.70. The number of hydrogen-bond acceptors (Lipinski definition) is 7. The standard InChI is InChI=1S/C16H24N6O2S/c1-25(23,24)21-8-7-17-15-9-13-14(10-18-15)19-11-20-16(13)22-12-5-3-2-4-6-12/h9-12,21H,2-8H2,1H3,(H,17,18)(H,19,20,22). The largest absolute Gasteiger partial charge is 0.369 e. The van der Waals surface area contributed by atoms with Crippen molar-refractivity contribution >= 4 is 32.6 Å². The second-order valence-corrected chi connectivity index (χ2v) is 8.21. The molecule has 3 N–H and O–H groups in total. The molecule has 0 radical (unpaired) electrons. The van der Waals surface area contributed by atoms with Gasteiger partial charge in [0.1, 0.15) is 18.0 Å². The van der Waals surface area contributed by atoms with Crippen LogP contribution in [0.2, 0.25) is 0 Å². The number of rotatable bonds is 7. The molecule has 2 aromatic heterocycles. The van der Waals surface area contributed by atoms with E-state index in [1.165, 1.54) is 32.1 Å². The Morgan fingerprint density at radius 1 is 1.12 bits per heavy atom. The van der Waals surface area contributed by atoms with Crippen LogP contribution >= 0.6 is 0 Å². The molecule has 1 aliphatic rings. The molecule has 3 rings (SSSR count). The Morgan fingerprint density at radius 2 is 1.92 bits per heavy atom. The molecule has 0 aliphatic heterocycles. The maximum Gasteiger partial charge on any atom is 0.208 e. The minimum Gasteiger partial charge on any atom is -0.369 e. The van der Waals surface area contributed by atoms with Crippen LogP contribution in [-0.4, -0.2) is 48.8 Å². The SMILES string of the molecule is CS(=O)(=O)NCCNc1cc2c(NC3CCCCC3)ncnc2cn1. The van der Waals surface area contributed by atoms with Gasteiger partial charge in [0.05, 0.1) is 18.0 Å². The van der Waals surface area contributed by atoms with E-state index >= 15 is 0 Å². The molecule has 1 saturated carbocycles. The molecule has 2 aromatic rings. The maximum absolute atomic E-state index is 11.1. The average molecular weight is 364 g/mol. The first kappa shape index (κ1) is 17.8. The predicted octanol–water partition coefficient (Wildman–Crippen LogP) is 1.73. The second-order valence-electron chi connectivity index (χ2n) is 6.38. The van der Waals surface area contributed by atoms with Crippen LogP contribution in [-0.2, 0) is 10.0 Å². The first-order valence-corrected chi connectivity index (χ1v) is 10.5. The van der Waals surface area contributed by atoms with Crippen LogP contribution in [0.1, 0.15) is 32.1 Å². The molecule has 9 heteroatoms. The number of sulfonamides is 1. The number of nitrogens with one attached hydrogen (secondary N) is 3. The number of aromatic nitrogens is 3. The fraction of sp³-hybridized carbons (Fsp3) is 0.562. The molecule has 0 aromatic carbocycles. The van der Waals surface area contributed by atoms with E-state index < -0.39 is 10.0 Å². The number of hydrogen-bond donors (Lipinski definition) is 3. The molecule has 0 atom stereocenters. The van der Waals surface area contributed by atoms with Crippen molar-refractivity contribution in [3.63, 3.8) is 0 Å². The topological polar surface area (TPSA) is 109 Å². The van der Waals surface area contributed by atoms with Gasteiger partial charge in [0, 0.05) is 24.5 Å². The van der Waals surface area contributed by atoms with Crippen LogP contribution in [0.5, 0.6) is 0 Å². The summed E-state index contributed by atoms with van der Waals surface area (Å²) in [4.78, 5) is 13.0. The van der Waals surface area contributed by atoms with Gasteiger partial charge in [-0.05, 0) is 18.9 Å². The summed E-state index contributed by atoms with van der Waals surface area (Å²) in [5.41, 5.74) is 0.785. The summed E-state index contributed by atoms with van der Waals surface area (Å²) in [6.45, 7) is 0.752. The zero-order chi connectivity index (χ0) is 17.7. The monoisotopic (exact) mass is 364 g/mol. The van der Waals surface area contributed by atoms with E-state index in [-0.39, 0.29) is 0 Å². The summed E-state index contributed by atoms with van der Waals surface area (Å²) in [7, 11) is -3.18. The third-order valence-electron chi connectivity index (χ3n) is 4.26. The van der Waals surface area contributed by atoms with Gasteiger partial charge in [0.15, 0.2) is 0 Å². The van der Waals surface area contributed by atoms with Crippen molar-refractivity contribution in [2.24, 2.45) is 0 Å². The van der Waals surface area contributed by atoms with Crippen LogP contribution in [0.3, 0.4) is 0 Å². The molecule has 0 unspecified atom stereocenters. The van der Waals surface area contributed by atoms with E-state index in [1.807, 2.05) is 6.07 Å². The first-order valence-electron chi connectivity index (χ1n) is 8.57. The van der Waals surface area contributed by atoms with Gasteiger partial charge in [-0.1, -0.05) is 19.3 Å². The van der Waals surface area contributed by atoms with Crippen molar-refractivity contribution in [1.29, 1.82) is 0 Å². The molecule has 0 saturated heterocycles. The molecule has 136 valence electrons. The van der Waals surface area contributed by atoms with Gasteiger partial charge in [-0.3, -0.25) is 0 Å². The molecular weight excluding hydrogens is 340 g/mol. The lowest BCUT2D eigenvalue weighted by molar-refractivity contribution is 0.462. The summed E-state index contributed by atoms with van der Waals surface area (Å²) < 4.78 is 24.6. The van der Waals surface area contributed by atoms with Crippen molar-refractivity contribution in [1.82, 2.24) is 19.7 Å². The number of anilines is 2. The van der Waals surface area contributed by atoms with Gasteiger partial charge in [-0.25, -0.2) is 28.1 Å². The predicted molar refractivity (Wildman–Crippen MR) is 99.2 cm³/mol. The molecule has 0 bridgehead atoms. The highest BCUT2D eigenvalue weighted by molar-refractivity contribution is 7.88. The normalized spacial score (nSPS) is 16.0. The second kappa shape index (κ2) is 7.92. The Hall–Kier alpha value is -2.00. The van der Waals surface area contributed by atoms with Crippen molar-refractivity contribution in [3.8, 4) is 0 Å². The van der Waals surface area contributed by atoms with Crippen LogP contribution in [0.25, 0.3) is 10.9 Å². The first-order chi connectivity index (χ1) is 12.0. The van der Waals surface area contributed by atoms with Gasteiger partial charge >= 0.3 is 0 Å². The van der Waals surface area contributed by atoms with Gasteiger partial charge in [-0.2, -0.15) is 0 Å². The lowest BCUT2D eigenvalue weighted by Gasteiger charge is -2.23. The van der Waals surface area contributed by atoms with E-state index in [9.17, 15) is 8.42 Å². The van der Waals surface area contributed by atoms with Crippen molar-refractivity contribution in [2.45, 2.75) is 38.1 Å². The molecule has 2 heterocycles. The van der Waals surface area contributed by atoms with Gasteiger partial charge in [-0.15, -0.1) is 0 Å². The van der Waals surface area contributed by atoms with Crippen molar-refractivity contribution in [3.05, 3.63) is 18.6 Å². The van der Waals surface area contributed by atoms with Gasteiger partial charge < -0.3 is 10.6 Å². The lowest BCUT2D eigenvalue weighted by Crippen LogP contribution is -2.27. The molecule has 25 heavy (non-hydrogen) atoms. The Morgan fingerprint density at radius 3 is 2.68 bits per heavy atom. The van der Waals surface area contributed by atoms with E-state index in [0.29, 0.717) is 24.9 Å². The van der Waals surface area contributed by atoms with Crippen molar-refractivity contribution < 1.29 is 8.42 Å². The van der Waals surface area contributed by atoms with Crippen LogP contribution in [0.15, 0.2) is 18.6 Å². The summed E-state index contributed by atoms with van der Waals surface area (Å²) in [5, 5.41) is 7.58. The van der Waals surface area contributed by atoms with E-state index in [2.05, 4.69) is 30.3 Å². The summed E-state index contributed by atoms with van der Waals surface area (Å²) in [6, 6.07) is 2.36. The molecule has 1 fully saturated rings. The van der Waals surface area contributed by atoms with Crippen LogP contribution < -0.4 is 15.4 Å². The lowest BCUT2D eigenvalue weighted by atomic mass is 9.95. The molecular formula is C16H24N6O2S. The van der Waals surface area contributed by atoms with Crippen LogP contribution in [0.4, 0.5) is 11.6 Å². The third-order valence-corrected chi connectivity index (χ3v) is 4.99. The van der Waals surface area contributed by atoms with E-state index in [4.69, 9.17) is 0 Å². The van der Waals surface area contributed by atoms with Gasteiger partial charge in [0.25, 0.3) is 0 Å². The number of nitrogens with zero attached hydrogens (tertiary/aromatic N) is 3. The number of fused-ring (bicyclic) bond motifs is 1. The Kier molecular flexibility index (Phi) is 5.64. The fourth-order valence-electron chi connectivity index (χ4n) is 3.04. The zero-order valence-electron chi connectivity index (χ0n) is 14.3. The minimum atomic E-state index is -3.18. The molecule has 1 aliphatic carbocycles. The Bertz CT molecular complexity index is 820. The molecule has 0 amide bonds. The minimum absolute atomic E-state index is 0.303. The zero-order valence-corrected chi connectivity index (χ0v) is 15.1. The summed E-state index contributed by atoms with van der Waals surface area (Å²) in [5.74, 6) is 1.50. The molecule has 8 nitrogen and oxygen atoms in total. The van der Waals surface area contributed by atoms with E-state index in [0.717, 1.165) is 23.0 Å². The smallest absolute Gasteiger partial charge is 0.208 e. The fourth-order valence-corrected chi connectivity index (χ4v) is 3.51. The van der Waals surface area contributed by atoms with E-state index in [1.54, 1.807) is 12.5 Å². The maximum atomic E-state index is 11.1. The molecule has 0 spiro atoms. The quantitative estimate of drug-likeness (QED) is 0.642. The summed E-state index contributed by atoms with van der Waals surface area (Å²) >= 11 is 0. The van der Waals surface area contributed by atoms with Crippen molar-refractivity contribution in [2.75, 3.05) is 30.0 Å². The third kappa shape index (κ3) is 5.23. The summed E-state index contributed by atoms with van der Waals surface area (Å²) in [6.07, 6.45) is 10.5.